The van der Waals surface area contributed by atoms with Crippen LogP contribution in [0.25, 0.3) is 0 Å². The zero-order valence-electron chi connectivity index (χ0n) is 10.5. The van der Waals surface area contributed by atoms with Crippen LogP contribution in [0.5, 0.6) is 0 Å². The lowest BCUT2D eigenvalue weighted by Gasteiger charge is -2.24. The van der Waals surface area contributed by atoms with Crippen LogP contribution >= 0.6 is 27.3 Å². The highest BCUT2D eigenvalue weighted by atomic mass is 79.9. The molecule has 18 heavy (non-hydrogen) atoms. The van der Waals surface area contributed by atoms with Gasteiger partial charge in [0.15, 0.2) is 0 Å². The van der Waals surface area contributed by atoms with Gasteiger partial charge >= 0.3 is 0 Å². The van der Waals surface area contributed by atoms with Gasteiger partial charge in [0.1, 0.15) is 0 Å². The van der Waals surface area contributed by atoms with Crippen LogP contribution in [-0.4, -0.2) is 23.1 Å². The number of alkyl halides is 1. The van der Waals surface area contributed by atoms with Gasteiger partial charge in [0, 0.05) is 42.1 Å². The second-order valence-corrected chi connectivity index (χ2v) is 5.86. The zero-order valence-corrected chi connectivity index (χ0v) is 12.9. The molecule has 0 amide bonds. The monoisotopic (exact) mass is 325 g/mol. The number of nitrogens with zero attached hydrogens (tertiary/aromatic N) is 3. The third kappa shape index (κ3) is 3.29. The summed E-state index contributed by atoms with van der Waals surface area (Å²) in [6.45, 7) is 2.20. The van der Waals surface area contributed by atoms with Crippen molar-refractivity contribution in [3.05, 3.63) is 40.3 Å². The Labute approximate surface area is 120 Å². The maximum atomic E-state index is 4.39. The van der Waals surface area contributed by atoms with Crippen LogP contribution in [0, 0.1) is 0 Å². The number of likely N-dealkylation sites (N-methyl/N-ethyl adjacent to an activating group) is 1. The number of rotatable bonds is 5. The van der Waals surface area contributed by atoms with E-state index >= 15 is 0 Å². The molecular weight excluding hydrogens is 310 g/mol. The molecule has 2 aromatic rings. The highest BCUT2D eigenvalue weighted by Crippen LogP contribution is 2.16. The Balaban J connectivity index is 2.02. The maximum absolute atomic E-state index is 4.39. The van der Waals surface area contributed by atoms with E-state index in [-0.39, 0.29) is 0 Å². The average Bonchev–Trinajstić information content (AvgIpc) is 2.91. The van der Waals surface area contributed by atoms with E-state index in [1.54, 1.807) is 11.3 Å². The lowest BCUT2D eigenvalue weighted by atomic mass is 10.2. The SMILES string of the molecule is CC(Cc1cccs1)N(C)c1ncc(CBr)cn1. The Bertz CT molecular complexity index is 469. The molecule has 0 saturated carbocycles. The van der Waals surface area contributed by atoms with Crippen molar-refractivity contribution in [3.63, 3.8) is 0 Å². The van der Waals surface area contributed by atoms with Crippen molar-refractivity contribution >= 4 is 33.2 Å². The fraction of sp³-hybridized carbons (Fsp3) is 0.385. The smallest absolute Gasteiger partial charge is 0.225 e. The van der Waals surface area contributed by atoms with Gasteiger partial charge in [-0.1, -0.05) is 22.0 Å². The van der Waals surface area contributed by atoms with Gasteiger partial charge in [0.25, 0.3) is 0 Å². The van der Waals surface area contributed by atoms with Crippen molar-refractivity contribution < 1.29 is 0 Å². The van der Waals surface area contributed by atoms with E-state index in [0.717, 1.165) is 23.3 Å². The molecule has 2 aromatic heterocycles. The molecule has 0 saturated heterocycles. The van der Waals surface area contributed by atoms with Gasteiger partial charge < -0.3 is 4.90 Å². The Hall–Kier alpha value is -0.940. The zero-order chi connectivity index (χ0) is 13.0. The van der Waals surface area contributed by atoms with Gasteiger partial charge in [-0.25, -0.2) is 9.97 Å². The second-order valence-electron chi connectivity index (χ2n) is 4.27. The molecule has 1 atom stereocenters. The van der Waals surface area contributed by atoms with Crippen molar-refractivity contribution in [1.82, 2.24) is 9.97 Å². The van der Waals surface area contributed by atoms with Crippen molar-refractivity contribution in [2.75, 3.05) is 11.9 Å². The topological polar surface area (TPSA) is 29.0 Å². The minimum atomic E-state index is 0.387. The molecule has 0 aliphatic heterocycles. The molecule has 5 heteroatoms. The first-order chi connectivity index (χ1) is 8.70. The van der Waals surface area contributed by atoms with E-state index in [0.29, 0.717) is 6.04 Å². The molecule has 0 fully saturated rings. The van der Waals surface area contributed by atoms with Crippen molar-refractivity contribution in [3.8, 4) is 0 Å². The van der Waals surface area contributed by atoms with Gasteiger partial charge in [-0.3, -0.25) is 0 Å². The van der Waals surface area contributed by atoms with Gasteiger partial charge in [-0.2, -0.15) is 0 Å². The summed E-state index contributed by atoms with van der Waals surface area (Å²) in [7, 11) is 2.04. The molecule has 0 aromatic carbocycles. The predicted octanol–water partition coefficient (Wildman–Crippen LogP) is 3.50. The summed E-state index contributed by atoms with van der Waals surface area (Å²) in [6.07, 6.45) is 4.76. The van der Waals surface area contributed by atoms with E-state index in [9.17, 15) is 0 Å². The summed E-state index contributed by atoms with van der Waals surface area (Å²) in [5.74, 6) is 0.781. The molecule has 0 bridgehead atoms. The summed E-state index contributed by atoms with van der Waals surface area (Å²) >= 11 is 5.19. The molecule has 0 aliphatic carbocycles. The predicted molar refractivity (Wildman–Crippen MR) is 80.6 cm³/mol. The van der Waals surface area contributed by atoms with Crippen LogP contribution in [0.1, 0.15) is 17.4 Å². The molecule has 96 valence electrons. The van der Waals surface area contributed by atoms with E-state index in [1.165, 1.54) is 4.88 Å². The highest BCUT2D eigenvalue weighted by molar-refractivity contribution is 9.08. The van der Waals surface area contributed by atoms with Crippen LogP contribution in [-0.2, 0) is 11.8 Å². The normalized spacial score (nSPS) is 12.4. The maximum Gasteiger partial charge on any atom is 0.225 e. The molecule has 0 spiro atoms. The number of aromatic nitrogens is 2. The van der Waals surface area contributed by atoms with Crippen molar-refractivity contribution in [2.24, 2.45) is 0 Å². The summed E-state index contributed by atoms with van der Waals surface area (Å²) in [4.78, 5) is 12.3. The minimum absolute atomic E-state index is 0.387. The van der Waals surface area contributed by atoms with E-state index in [4.69, 9.17) is 0 Å². The number of hydrogen-bond donors (Lipinski definition) is 0. The Morgan fingerprint density at radius 2 is 2.11 bits per heavy atom. The van der Waals surface area contributed by atoms with Gasteiger partial charge in [-0.05, 0) is 23.9 Å². The van der Waals surface area contributed by atoms with Crippen LogP contribution in [0.3, 0.4) is 0 Å². The van der Waals surface area contributed by atoms with Crippen LogP contribution in [0.15, 0.2) is 29.9 Å². The van der Waals surface area contributed by atoms with Gasteiger partial charge in [-0.15, -0.1) is 11.3 Å². The molecule has 0 radical (unpaired) electrons. The Morgan fingerprint density at radius 1 is 1.39 bits per heavy atom. The Kier molecular flexibility index (Phi) is 4.72. The molecule has 1 unspecified atom stereocenters. The van der Waals surface area contributed by atoms with Crippen LogP contribution < -0.4 is 4.90 Å². The second kappa shape index (κ2) is 6.29. The summed E-state index contributed by atoms with van der Waals surface area (Å²) in [5.41, 5.74) is 1.10. The first kappa shape index (κ1) is 13.5. The van der Waals surface area contributed by atoms with Crippen molar-refractivity contribution in [1.29, 1.82) is 0 Å². The van der Waals surface area contributed by atoms with Crippen molar-refractivity contribution in [2.45, 2.75) is 24.7 Å². The quantitative estimate of drug-likeness (QED) is 0.788. The lowest BCUT2D eigenvalue weighted by molar-refractivity contribution is 0.670. The standard InChI is InChI=1S/C13H16BrN3S/c1-10(6-12-4-3-5-18-12)17(2)13-15-8-11(7-14)9-16-13/h3-5,8-10H,6-7H2,1-2H3. The summed E-state index contributed by atoms with van der Waals surface area (Å²) in [5, 5.41) is 2.91. The largest absolute Gasteiger partial charge is 0.341 e. The minimum Gasteiger partial charge on any atom is -0.341 e. The molecule has 0 aliphatic rings. The first-order valence-corrected chi connectivity index (χ1v) is 7.83. The fourth-order valence-electron chi connectivity index (χ4n) is 1.65. The van der Waals surface area contributed by atoms with E-state index < -0.39 is 0 Å². The average molecular weight is 326 g/mol. The Morgan fingerprint density at radius 3 is 2.67 bits per heavy atom. The number of halogens is 1. The number of hydrogen-bond acceptors (Lipinski definition) is 4. The van der Waals surface area contributed by atoms with Crippen LogP contribution in [0.4, 0.5) is 5.95 Å². The van der Waals surface area contributed by atoms with Gasteiger partial charge in [0.2, 0.25) is 5.95 Å². The summed E-state index contributed by atoms with van der Waals surface area (Å²) < 4.78 is 0. The number of thiophene rings is 1. The first-order valence-electron chi connectivity index (χ1n) is 5.83. The van der Waals surface area contributed by atoms with Gasteiger partial charge in [0.05, 0.1) is 0 Å². The van der Waals surface area contributed by atoms with E-state index in [2.05, 4.69) is 55.2 Å². The fourth-order valence-corrected chi connectivity index (χ4v) is 2.77. The van der Waals surface area contributed by atoms with Crippen LogP contribution in [0.2, 0.25) is 0 Å². The molecule has 2 rings (SSSR count). The highest BCUT2D eigenvalue weighted by Gasteiger charge is 2.13. The molecule has 2 heterocycles. The molecule has 0 N–H and O–H groups in total. The third-order valence-corrected chi connectivity index (χ3v) is 4.45. The molecule has 3 nitrogen and oxygen atoms in total. The third-order valence-electron chi connectivity index (χ3n) is 2.90. The lowest BCUT2D eigenvalue weighted by Crippen LogP contribution is -2.31. The molecular formula is C13H16BrN3S. The van der Waals surface area contributed by atoms with E-state index in [1.807, 2.05) is 19.4 Å². The number of anilines is 1. The summed E-state index contributed by atoms with van der Waals surface area (Å²) in [6, 6.07) is 4.65.